The van der Waals surface area contributed by atoms with Crippen LogP contribution >= 0.6 is 7.14 Å². The third-order valence-corrected chi connectivity index (χ3v) is 8.81. The number of benzene rings is 4. The van der Waals surface area contributed by atoms with E-state index in [0.29, 0.717) is 6.42 Å². The van der Waals surface area contributed by atoms with Gasteiger partial charge in [0.1, 0.15) is 0 Å². The highest BCUT2D eigenvalue weighted by Crippen LogP contribution is 2.59. The summed E-state index contributed by atoms with van der Waals surface area (Å²) >= 11 is 0. The van der Waals surface area contributed by atoms with Crippen molar-refractivity contribution >= 4 is 23.3 Å². The van der Waals surface area contributed by atoms with E-state index in [4.69, 9.17) is 0 Å². The molecule has 140 valence electrons. The van der Waals surface area contributed by atoms with E-state index < -0.39 is 7.14 Å². The first kappa shape index (κ1) is 17.9. The highest BCUT2D eigenvalue weighted by Gasteiger charge is 2.38. The molecule has 1 aliphatic rings. The van der Waals surface area contributed by atoms with Gasteiger partial charge in [-0.15, -0.1) is 0 Å². The molecule has 0 atom stereocenters. The standard InChI is InChI=1S/C27H21OP/c28-29(23-15-6-2-7-16-23,24-17-8-3-9-18-24)26-20-22-14-10-11-19-25(22)27(26)21-12-4-1-5-13-21/h1-19H,20H2. The van der Waals surface area contributed by atoms with Crippen LogP contribution in [-0.4, -0.2) is 0 Å². The molecule has 5 rings (SSSR count). The first-order chi connectivity index (χ1) is 14.3. The third-order valence-electron chi connectivity index (χ3n) is 5.62. The van der Waals surface area contributed by atoms with E-state index in [0.717, 1.165) is 27.1 Å². The second kappa shape index (κ2) is 7.35. The lowest BCUT2D eigenvalue weighted by Crippen LogP contribution is -2.18. The Labute approximate surface area is 171 Å². The summed E-state index contributed by atoms with van der Waals surface area (Å²) in [6, 6.07) is 38.7. The maximum Gasteiger partial charge on any atom is 0.168 e. The minimum atomic E-state index is -3.00. The van der Waals surface area contributed by atoms with Crippen LogP contribution in [0.15, 0.2) is 121 Å². The van der Waals surface area contributed by atoms with Crippen LogP contribution in [0.25, 0.3) is 5.57 Å². The summed E-state index contributed by atoms with van der Waals surface area (Å²) in [5, 5.41) is 2.81. The molecule has 1 aliphatic carbocycles. The van der Waals surface area contributed by atoms with Crippen molar-refractivity contribution in [3.63, 3.8) is 0 Å². The Morgan fingerprint density at radius 1 is 0.552 bits per heavy atom. The minimum absolute atomic E-state index is 0.710. The van der Waals surface area contributed by atoms with Gasteiger partial charge in [0.25, 0.3) is 0 Å². The Morgan fingerprint density at radius 3 is 1.62 bits per heavy atom. The molecule has 0 aliphatic heterocycles. The Bertz CT molecular complexity index is 1180. The summed E-state index contributed by atoms with van der Waals surface area (Å²) in [4.78, 5) is 0. The van der Waals surface area contributed by atoms with E-state index in [9.17, 15) is 0 Å². The van der Waals surface area contributed by atoms with Crippen LogP contribution in [-0.2, 0) is 11.0 Å². The smallest absolute Gasteiger partial charge is 0.168 e. The molecular formula is C27H21OP. The van der Waals surface area contributed by atoms with Crippen molar-refractivity contribution in [2.24, 2.45) is 0 Å². The zero-order chi connectivity index (χ0) is 19.7. The van der Waals surface area contributed by atoms with Gasteiger partial charge in [-0.05, 0) is 22.3 Å². The number of rotatable bonds is 4. The largest absolute Gasteiger partial charge is 0.309 e. The van der Waals surface area contributed by atoms with Crippen LogP contribution in [0.5, 0.6) is 0 Å². The average molecular weight is 392 g/mol. The molecule has 2 heteroatoms. The summed E-state index contributed by atoms with van der Waals surface area (Å²) in [5.74, 6) is 0. The highest BCUT2D eigenvalue weighted by atomic mass is 31.2. The highest BCUT2D eigenvalue weighted by molar-refractivity contribution is 7.82. The van der Waals surface area contributed by atoms with Crippen molar-refractivity contribution in [3.8, 4) is 0 Å². The molecule has 4 aromatic carbocycles. The fourth-order valence-corrected chi connectivity index (χ4v) is 7.34. The van der Waals surface area contributed by atoms with Gasteiger partial charge >= 0.3 is 0 Å². The van der Waals surface area contributed by atoms with Gasteiger partial charge in [0.05, 0.1) is 0 Å². The van der Waals surface area contributed by atoms with Crippen LogP contribution in [0, 0.1) is 0 Å². The fraction of sp³-hybridized carbons (Fsp3) is 0.0370. The molecule has 29 heavy (non-hydrogen) atoms. The Kier molecular flexibility index (Phi) is 4.54. The Morgan fingerprint density at radius 2 is 1.03 bits per heavy atom. The van der Waals surface area contributed by atoms with E-state index in [2.05, 4.69) is 48.5 Å². The SMILES string of the molecule is O=P(C1=C(c2ccccc2)c2ccccc2C1)(c1ccccc1)c1ccccc1. The molecule has 4 aromatic rings. The molecule has 0 saturated heterocycles. The van der Waals surface area contributed by atoms with Crippen molar-refractivity contribution in [2.45, 2.75) is 6.42 Å². The van der Waals surface area contributed by atoms with Crippen molar-refractivity contribution in [1.29, 1.82) is 0 Å². The molecule has 0 heterocycles. The third kappa shape index (κ3) is 2.99. The normalized spacial score (nSPS) is 13.4. The summed E-state index contributed by atoms with van der Waals surface area (Å²) in [6.45, 7) is 0. The summed E-state index contributed by atoms with van der Waals surface area (Å²) in [7, 11) is -3.00. The number of fused-ring (bicyclic) bond motifs is 1. The zero-order valence-corrected chi connectivity index (χ0v) is 16.9. The number of hydrogen-bond donors (Lipinski definition) is 0. The monoisotopic (exact) mass is 392 g/mol. The van der Waals surface area contributed by atoms with Gasteiger partial charge in [-0.25, -0.2) is 0 Å². The molecule has 0 saturated carbocycles. The van der Waals surface area contributed by atoms with E-state index in [-0.39, 0.29) is 0 Å². The van der Waals surface area contributed by atoms with Crippen LogP contribution in [0.3, 0.4) is 0 Å². The van der Waals surface area contributed by atoms with Gasteiger partial charge in [0, 0.05) is 22.3 Å². The van der Waals surface area contributed by atoms with E-state index in [1.54, 1.807) is 0 Å². The molecule has 0 N–H and O–H groups in total. The fourth-order valence-electron chi connectivity index (χ4n) is 4.27. The average Bonchev–Trinajstić information content (AvgIpc) is 3.20. The van der Waals surface area contributed by atoms with Crippen molar-refractivity contribution < 1.29 is 4.57 Å². The predicted octanol–water partition coefficient (Wildman–Crippen LogP) is 6.02. The van der Waals surface area contributed by atoms with Crippen LogP contribution in [0.4, 0.5) is 0 Å². The lowest BCUT2D eigenvalue weighted by molar-refractivity contribution is 0.590. The van der Waals surface area contributed by atoms with Gasteiger partial charge in [-0.1, -0.05) is 115 Å². The van der Waals surface area contributed by atoms with E-state index in [1.165, 1.54) is 11.1 Å². The lowest BCUT2D eigenvalue weighted by Gasteiger charge is -2.23. The van der Waals surface area contributed by atoms with Crippen molar-refractivity contribution in [2.75, 3.05) is 0 Å². The van der Waals surface area contributed by atoms with Gasteiger partial charge < -0.3 is 4.57 Å². The summed E-state index contributed by atoms with van der Waals surface area (Å²) < 4.78 is 15.0. The molecular weight excluding hydrogens is 371 g/mol. The van der Waals surface area contributed by atoms with Gasteiger partial charge in [0.2, 0.25) is 0 Å². The van der Waals surface area contributed by atoms with Crippen LogP contribution in [0.2, 0.25) is 0 Å². The topological polar surface area (TPSA) is 17.1 Å². The maximum atomic E-state index is 15.0. The van der Waals surface area contributed by atoms with E-state index >= 15 is 4.57 Å². The first-order valence-electron chi connectivity index (χ1n) is 9.87. The molecule has 1 nitrogen and oxygen atoms in total. The zero-order valence-electron chi connectivity index (χ0n) is 16.0. The van der Waals surface area contributed by atoms with Gasteiger partial charge in [-0.2, -0.15) is 0 Å². The molecule has 0 unspecified atom stereocenters. The summed E-state index contributed by atoms with van der Waals surface area (Å²) in [6.07, 6.45) is 0.710. The Balaban J connectivity index is 1.85. The lowest BCUT2D eigenvalue weighted by atomic mass is 9.99. The molecule has 0 amide bonds. The molecule has 0 radical (unpaired) electrons. The molecule has 0 spiro atoms. The van der Waals surface area contributed by atoms with E-state index in [1.807, 2.05) is 66.7 Å². The predicted molar refractivity (Wildman–Crippen MR) is 122 cm³/mol. The summed E-state index contributed by atoms with van der Waals surface area (Å²) in [5.41, 5.74) is 4.69. The second-order valence-electron chi connectivity index (χ2n) is 7.30. The minimum Gasteiger partial charge on any atom is -0.309 e. The molecule has 0 fully saturated rings. The first-order valence-corrected chi connectivity index (χ1v) is 11.6. The van der Waals surface area contributed by atoms with Gasteiger partial charge in [-0.3, -0.25) is 0 Å². The molecule has 0 bridgehead atoms. The van der Waals surface area contributed by atoms with Gasteiger partial charge in [0.15, 0.2) is 7.14 Å². The Hall–Kier alpha value is -3.15. The maximum absolute atomic E-state index is 15.0. The number of hydrogen-bond acceptors (Lipinski definition) is 1. The van der Waals surface area contributed by atoms with Crippen molar-refractivity contribution in [1.82, 2.24) is 0 Å². The quantitative estimate of drug-likeness (QED) is 0.388. The van der Waals surface area contributed by atoms with Crippen LogP contribution < -0.4 is 10.6 Å². The number of allylic oxidation sites excluding steroid dienone is 1. The van der Waals surface area contributed by atoms with Crippen molar-refractivity contribution in [3.05, 3.63) is 137 Å². The van der Waals surface area contributed by atoms with Crippen LogP contribution in [0.1, 0.15) is 16.7 Å². The second-order valence-corrected chi connectivity index (χ2v) is 10.1. The molecule has 0 aromatic heterocycles.